The second kappa shape index (κ2) is 8.09. The Labute approximate surface area is 123 Å². The molecule has 0 unspecified atom stereocenters. The minimum Gasteiger partial charge on any atom is -0.377 e. The first kappa shape index (κ1) is 19.5. The zero-order valence-electron chi connectivity index (χ0n) is 14.3. The largest absolute Gasteiger partial charge is 0.500 e. The highest BCUT2D eigenvalue weighted by atomic mass is 28.4. The van der Waals surface area contributed by atoms with Crippen LogP contribution in [-0.4, -0.2) is 46.3 Å². The van der Waals surface area contributed by atoms with Crippen LogP contribution in [0, 0.1) is 0 Å². The van der Waals surface area contributed by atoms with Crippen molar-refractivity contribution in [1.82, 2.24) is 0 Å². The van der Waals surface area contributed by atoms with E-state index in [1.807, 2.05) is 0 Å². The summed E-state index contributed by atoms with van der Waals surface area (Å²) < 4.78 is 16.4. The van der Waals surface area contributed by atoms with E-state index >= 15 is 0 Å². The summed E-state index contributed by atoms with van der Waals surface area (Å²) in [6, 6.07) is 5.22. The molecule has 0 aliphatic heterocycles. The van der Waals surface area contributed by atoms with E-state index in [0.29, 0.717) is 0 Å². The first-order valence-corrected chi connectivity index (χ1v) is 16.3. The highest BCUT2D eigenvalue weighted by molar-refractivity contribution is 6.82. The molecule has 0 spiro atoms. The van der Waals surface area contributed by atoms with Crippen molar-refractivity contribution in [1.29, 1.82) is 0 Å². The lowest BCUT2D eigenvalue weighted by molar-refractivity contribution is 0.123. The van der Waals surface area contributed by atoms with Crippen LogP contribution in [-0.2, 0) is 13.3 Å². The van der Waals surface area contributed by atoms with E-state index in [2.05, 4.69) is 32.7 Å². The quantitative estimate of drug-likeness (QED) is 0.561. The molecule has 0 aliphatic rings. The molecule has 0 bridgehead atoms. The van der Waals surface area contributed by atoms with E-state index in [1.165, 1.54) is 24.6 Å². The molecular formula is C13H34O3Si3. The minimum atomic E-state index is -2.35. The van der Waals surface area contributed by atoms with Gasteiger partial charge in [0.15, 0.2) is 0 Å². The van der Waals surface area contributed by atoms with Crippen LogP contribution in [0.5, 0.6) is 0 Å². The molecule has 0 aromatic rings. The summed E-state index contributed by atoms with van der Waals surface area (Å²) in [5.41, 5.74) is 0. The van der Waals surface area contributed by atoms with Gasteiger partial charge in [0.1, 0.15) is 0 Å². The lowest BCUT2D eigenvalue weighted by Gasteiger charge is -2.28. The maximum absolute atomic E-state index is 5.48. The zero-order chi connectivity index (χ0) is 15.2. The van der Waals surface area contributed by atoms with Gasteiger partial charge >= 0.3 is 8.80 Å². The Morgan fingerprint density at radius 2 is 1.11 bits per heavy atom. The number of hydrogen-bond donors (Lipinski definition) is 0. The zero-order valence-corrected chi connectivity index (χ0v) is 17.3. The third-order valence-electron chi connectivity index (χ3n) is 3.82. The van der Waals surface area contributed by atoms with Gasteiger partial charge in [-0.05, 0) is 0 Å². The molecule has 0 N–H and O–H groups in total. The lowest BCUT2D eigenvalue weighted by Crippen LogP contribution is -2.43. The summed E-state index contributed by atoms with van der Waals surface area (Å²) in [7, 11) is 0.803. The Bertz CT molecular complexity index is 240. The molecule has 3 nitrogen and oxygen atoms in total. The van der Waals surface area contributed by atoms with Gasteiger partial charge in [-0.25, -0.2) is 0 Å². The highest BCUT2D eigenvalue weighted by Gasteiger charge is 2.37. The smallest absolute Gasteiger partial charge is 0.377 e. The average Bonchev–Trinajstić information content (AvgIpc) is 2.32. The summed E-state index contributed by atoms with van der Waals surface area (Å²) in [5.74, 6) is 0. The predicted octanol–water partition coefficient (Wildman–Crippen LogP) is 4.30. The molecule has 0 rings (SSSR count). The van der Waals surface area contributed by atoms with Crippen LogP contribution in [0.1, 0.15) is 6.42 Å². The van der Waals surface area contributed by atoms with E-state index in [9.17, 15) is 0 Å². The standard InChI is InChI=1S/C13H34O3Si3/c1-14-19(15-2,16-3)11-9-10-18(7,8)13-12-17(4,5)6/h9-13H2,1-8H3. The maximum Gasteiger partial charge on any atom is 0.500 e. The fraction of sp³-hybridized carbons (Fsp3) is 1.00. The van der Waals surface area contributed by atoms with Gasteiger partial charge in [0.2, 0.25) is 0 Å². The van der Waals surface area contributed by atoms with E-state index in [-0.39, 0.29) is 0 Å². The SMILES string of the molecule is CO[Si](CCC[Si](C)(C)CC[Si](C)(C)C)(OC)OC. The fourth-order valence-electron chi connectivity index (χ4n) is 2.18. The van der Waals surface area contributed by atoms with Gasteiger partial charge in [-0.1, -0.05) is 57.3 Å². The van der Waals surface area contributed by atoms with Crippen molar-refractivity contribution < 1.29 is 13.3 Å². The fourth-order valence-corrected chi connectivity index (χ4v) is 11.3. The minimum absolute atomic E-state index is 0.894. The normalized spacial score (nSPS) is 13.9. The number of rotatable bonds is 10. The average molecular weight is 323 g/mol. The molecule has 0 aromatic carbocycles. The van der Waals surface area contributed by atoms with Crippen molar-refractivity contribution in [3.63, 3.8) is 0 Å². The van der Waals surface area contributed by atoms with Crippen molar-refractivity contribution in [2.45, 2.75) is 63.3 Å². The van der Waals surface area contributed by atoms with Crippen molar-refractivity contribution in [2.75, 3.05) is 21.3 Å². The van der Waals surface area contributed by atoms with Crippen LogP contribution >= 0.6 is 0 Å². The van der Waals surface area contributed by atoms with Gasteiger partial charge in [0.05, 0.1) is 0 Å². The molecule has 0 heterocycles. The van der Waals surface area contributed by atoms with Crippen LogP contribution in [0.4, 0.5) is 0 Å². The van der Waals surface area contributed by atoms with Crippen molar-refractivity contribution >= 4 is 25.0 Å². The van der Waals surface area contributed by atoms with E-state index < -0.39 is 25.0 Å². The topological polar surface area (TPSA) is 27.7 Å². The molecule has 0 amide bonds. The predicted molar refractivity (Wildman–Crippen MR) is 91.5 cm³/mol. The molecule has 0 saturated carbocycles. The van der Waals surface area contributed by atoms with Crippen LogP contribution in [0.3, 0.4) is 0 Å². The summed E-state index contributed by atoms with van der Waals surface area (Å²) in [6.45, 7) is 12.4. The van der Waals surface area contributed by atoms with Crippen LogP contribution < -0.4 is 0 Å². The third kappa shape index (κ3) is 8.41. The Balaban J connectivity index is 4.17. The Hall–Kier alpha value is 0.531. The van der Waals surface area contributed by atoms with Gasteiger partial charge in [-0.15, -0.1) is 0 Å². The highest BCUT2D eigenvalue weighted by Crippen LogP contribution is 2.27. The van der Waals surface area contributed by atoms with Gasteiger partial charge in [0.25, 0.3) is 0 Å². The van der Waals surface area contributed by atoms with Crippen molar-refractivity contribution in [2.24, 2.45) is 0 Å². The summed E-state index contributed by atoms with van der Waals surface area (Å²) >= 11 is 0. The summed E-state index contributed by atoms with van der Waals surface area (Å²) in [6.07, 6.45) is 1.17. The molecule has 0 radical (unpaired) electrons. The van der Waals surface area contributed by atoms with Gasteiger partial charge < -0.3 is 13.3 Å². The van der Waals surface area contributed by atoms with E-state index in [1.54, 1.807) is 21.3 Å². The van der Waals surface area contributed by atoms with Gasteiger partial charge in [-0.3, -0.25) is 0 Å². The molecular weight excluding hydrogens is 288 g/mol. The molecule has 116 valence electrons. The molecule has 0 aromatic heterocycles. The van der Waals surface area contributed by atoms with Crippen molar-refractivity contribution in [3.05, 3.63) is 0 Å². The molecule has 0 aliphatic carbocycles. The second-order valence-corrected chi connectivity index (χ2v) is 21.4. The Kier molecular flexibility index (Phi) is 8.32. The first-order chi connectivity index (χ1) is 8.60. The molecule has 0 fully saturated rings. The Morgan fingerprint density at radius 1 is 0.632 bits per heavy atom. The van der Waals surface area contributed by atoms with Crippen LogP contribution in [0.15, 0.2) is 0 Å². The van der Waals surface area contributed by atoms with Gasteiger partial charge in [-0.2, -0.15) is 0 Å². The molecule has 6 heteroatoms. The Morgan fingerprint density at radius 3 is 1.47 bits per heavy atom. The summed E-state index contributed by atoms with van der Waals surface area (Å²) in [4.78, 5) is 0. The number of hydrogen-bond acceptors (Lipinski definition) is 3. The summed E-state index contributed by atoms with van der Waals surface area (Å²) in [5, 5.41) is 0. The van der Waals surface area contributed by atoms with Crippen LogP contribution in [0.2, 0.25) is 56.9 Å². The second-order valence-electron chi connectivity index (χ2n) is 7.37. The molecule has 0 atom stereocenters. The van der Waals surface area contributed by atoms with Crippen LogP contribution in [0.25, 0.3) is 0 Å². The maximum atomic E-state index is 5.48. The van der Waals surface area contributed by atoms with E-state index in [4.69, 9.17) is 13.3 Å². The first-order valence-electron chi connectivity index (χ1n) is 7.25. The monoisotopic (exact) mass is 322 g/mol. The van der Waals surface area contributed by atoms with Crippen molar-refractivity contribution in [3.8, 4) is 0 Å². The molecule has 0 saturated heterocycles. The van der Waals surface area contributed by atoms with E-state index in [0.717, 1.165) is 6.04 Å². The molecule has 19 heavy (non-hydrogen) atoms. The lowest BCUT2D eigenvalue weighted by atomic mass is 10.6. The van der Waals surface area contributed by atoms with Gasteiger partial charge in [0, 0.05) is 43.5 Å². The third-order valence-corrected chi connectivity index (χ3v) is 12.2.